The lowest BCUT2D eigenvalue weighted by atomic mass is 9.93. The van der Waals surface area contributed by atoms with Gasteiger partial charge in [0.05, 0.1) is 25.8 Å². The van der Waals surface area contributed by atoms with E-state index in [2.05, 4.69) is 25.6 Å². The highest BCUT2D eigenvalue weighted by atomic mass is 16.6. The number of ether oxygens (including phenoxy) is 2. The van der Waals surface area contributed by atoms with E-state index in [9.17, 15) is 24.0 Å². The number of aromatic nitrogens is 1. The Morgan fingerprint density at radius 1 is 1.21 bits per heavy atom. The maximum Gasteiger partial charge on any atom is 0.287 e. The van der Waals surface area contributed by atoms with Crippen LogP contribution in [-0.2, 0) is 23.9 Å². The van der Waals surface area contributed by atoms with Crippen molar-refractivity contribution in [1.29, 1.82) is 0 Å². The van der Waals surface area contributed by atoms with Crippen LogP contribution in [0.3, 0.4) is 0 Å². The molecule has 0 aliphatic carbocycles. The summed E-state index contributed by atoms with van der Waals surface area (Å²) in [6, 6.07) is -0.887. The topological polar surface area (TPSA) is 195 Å². The van der Waals surface area contributed by atoms with Gasteiger partial charge in [-0.1, -0.05) is 19.0 Å². The van der Waals surface area contributed by atoms with E-state index in [-0.39, 0.29) is 29.8 Å². The van der Waals surface area contributed by atoms with E-state index >= 15 is 0 Å². The zero-order valence-electron chi connectivity index (χ0n) is 18.9. The Morgan fingerprint density at radius 2 is 1.88 bits per heavy atom. The third-order valence-corrected chi connectivity index (χ3v) is 4.82. The van der Waals surface area contributed by atoms with E-state index in [4.69, 9.17) is 15.2 Å². The first-order chi connectivity index (χ1) is 15.5. The van der Waals surface area contributed by atoms with Gasteiger partial charge >= 0.3 is 0 Å². The summed E-state index contributed by atoms with van der Waals surface area (Å²) < 4.78 is 14.8. The summed E-state index contributed by atoms with van der Waals surface area (Å²) in [5.74, 6) is -3.39. The minimum absolute atomic E-state index is 0.143. The second-order valence-corrected chi connectivity index (χ2v) is 8.27. The molecular weight excluding hydrogens is 438 g/mol. The highest BCUT2D eigenvalue weighted by Gasteiger charge is 2.50. The SMILES string of the molecule is COCC(NC(=O)c1cc(C(N)=O)on1)C(=O)NCC(=O)N[C@@H](CC(C)C)C(=O)[C@@]1(C)CO1. The smallest absolute Gasteiger partial charge is 0.287 e. The van der Waals surface area contributed by atoms with Crippen molar-refractivity contribution in [2.75, 3.05) is 26.9 Å². The fraction of sp³-hybridized carbons (Fsp3) is 0.600. The first-order valence-corrected chi connectivity index (χ1v) is 10.3. The summed E-state index contributed by atoms with van der Waals surface area (Å²) in [4.78, 5) is 60.8. The molecule has 2 rings (SSSR count). The van der Waals surface area contributed by atoms with E-state index < -0.39 is 47.9 Å². The van der Waals surface area contributed by atoms with E-state index in [0.717, 1.165) is 6.07 Å². The lowest BCUT2D eigenvalue weighted by Crippen LogP contribution is -2.53. The number of ketones is 1. The first kappa shape index (κ1) is 25.9. The molecule has 0 aromatic carbocycles. The largest absolute Gasteiger partial charge is 0.382 e. The molecule has 1 aliphatic rings. The standard InChI is InChI=1S/C20H29N5O8/c1-10(2)5-11(16(27)20(3)9-32-20)23-15(26)7-22-18(29)13(8-31-4)24-19(30)12-6-14(17(21)28)33-25-12/h6,10-11,13H,5,7-9H2,1-4H3,(H2,21,28)(H,22,29)(H,23,26)(H,24,30)/t11-,13?,20+/m0/s1. The molecule has 0 bridgehead atoms. The van der Waals surface area contributed by atoms with Crippen molar-refractivity contribution in [3.63, 3.8) is 0 Å². The van der Waals surface area contributed by atoms with Crippen molar-refractivity contribution in [2.45, 2.75) is 44.9 Å². The molecule has 1 fully saturated rings. The molecule has 182 valence electrons. The molecule has 1 saturated heterocycles. The third kappa shape index (κ3) is 7.36. The minimum Gasteiger partial charge on any atom is -0.382 e. The lowest BCUT2D eigenvalue weighted by Gasteiger charge is -2.22. The quantitative estimate of drug-likeness (QED) is 0.250. The van der Waals surface area contributed by atoms with Crippen LogP contribution in [0, 0.1) is 5.92 Å². The van der Waals surface area contributed by atoms with Gasteiger partial charge in [0.15, 0.2) is 11.5 Å². The van der Waals surface area contributed by atoms with Crippen LogP contribution in [0.25, 0.3) is 0 Å². The molecule has 0 saturated carbocycles. The van der Waals surface area contributed by atoms with E-state index in [0.29, 0.717) is 13.0 Å². The molecule has 5 N–H and O–H groups in total. The number of Topliss-reactive ketones (excluding diaryl/α,β-unsaturated/α-hetero) is 1. The number of epoxide rings is 1. The number of primary amides is 1. The summed E-state index contributed by atoms with van der Waals surface area (Å²) in [7, 11) is 1.32. The van der Waals surface area contributed by atoms with Gasteiger partial charge in [-0.05, 0) is 19.3 Å². The van der Waals surface area contributed by atoms with Gasteiger partial charge < -0.3 is 35.7 Å². The number of rotatable bonds is 13. The number of methoxy groups -OCH3 is 1. The monoisotopic (exact) mass is 467 g/mol. The second-order valence-electron chi connectivity index (χ2n) is 8.27. The van der Waals surface area contributed by atoms with Crippen molar-refractivity contribution >= 4 is 29.4 Å². The van der Waals surface area contributed by atoms with Gasteiger partial charge in [0, 0.05) is 13.2 Å². The fourth-order valence-electron chi connectivity index (χ4n) is 2.94. The van der Waals surface area contributed by atoms with Gasteiger partial charge in [-0.15, -0.1) is 0 Å². The predicted molar refractivity (Wildman–Crippen MR) is 112 cm³/mol. The number of hydrogen-bond acceptors (Lipinski definition) is 9. The predicted octanol–water partition coefficient (Wildman–Crippen LogP) is -1.48. The Morgan fingerprint density at radius 3 is 2.39 bits per heavy atom. The van der Waals surface area contributed by atoms with Gasteiger partial charge in [-0.3, -0.25) is 24.0 Å². The second kappa shape index (κ2) is 11.0. The van der Waals surface area contributed by atoms with Crippen LogP contribution in [-0.4, -0.2) is 79.1 Å². The van der Waals surface area contributed by atoms with Gasteiger partial charge in [0.25, 0.3) is 11.8 Å². The highest BCUT2D eigenvalue weighted by Crippen LogP contribution is 2.29. The van der Waals surface area contributed by atoms with Gasteiger partial charge in [-0.25, -0.2) is 0 Å². The molecule has 1 unspecified atom stereocenters. The molecule has 33 heavy (non-hydrogen) atoms. The van der Waals surface area contributed by atoms with Crippen LogP contribution in [0.15, 0.2) is 10.6 Å². The van der Waals surface area contributed by atoms with Crippen LogP contribution < -0.4 is 21.7 Å². The molecule has 13 nitrogen and oxygen atoms in total. The van der Waals surface area contributed by atoms with E-state index in [1.165, 1.54) is 7.11 Å². The summed E-state index contributed by atoms with van der Waals surface area (Å²) in [6.07, 6.45) is 0.421. The van der Waals surface area contributed by atoms with Crippen LogP contribution in [0.5, 0.6) is 0 Å². The molecule has 1 aromatic heterocycles. The molecule has 1 aromatic rings. The van der Waals surface area contributed by atoms with Crippen LogP contribution in [0.1, 0.15) is 48.2 Å². The molecule has 13 heteroatoms. The van der Waals surface area contributed by atoms with Crippen molar-refractivity contribution < 1.29 is 38.0 Å². The van der Waals surface area contributed by atoms with Crippen molar-refractivity contribution in [3.05, 3.63) is 17.5 Å². The highest BCUT2D eigenvalue weighted by molar-refractivity contribution is 5.99. The van der Waals surface area contributed by atoms with Crippen LogP contribution in [0.4, 0.5) is 0 Å². The molecule has 0 spiro atoms. The summed E-state index contributed by atoms with van der Waals surface area (Å²) >= 11 is 0. The van der Waals surface area contributed by atoms with Crippen molar-refractivity contribution in [1.82, 2.24) is 21.1 Å². The number of carbonyl (C=O) groups is 5. The molecular formula is C20H29N5O8. The Labute approximate surface area is 190 Å². The maximum atomic E-state index is 12.6. The number of nitrogens with zero attached hydrogens (tertiary/aromatic N) is 1. The lowest BCUT2D eigenvalue weighted by molar-refractivity contribution is -0.131. The Balaban J connectivity index is 1.92. The van der Waals surface area contributed by atoms with Crippen LogP contribution >= 0.6 is 0 Å². The Kier molecular flexibility index (Phi) is 8.65. The molecule has 2 heterocycles. The number of carbonyl (C=O) groups excluding carboxylic acids is 5. The van der Waals surface area contributed by atoms with Gasteiger partial charge in [0.1, 0.15) is 11.6 Å². The normalized spacial score (nSPS) is 18.8. The average molecular weight is 467 g/mol. The number of nitrogens with one attached hydrogen (secondary N) is 3. The van der Waals surface area contributed by atoms with Gasteiger partial charge in [0.2, 0.25) is 17.6 Å². The number of nitrogens with two attached hydrogens (primary N) is 1. The Bertz CT molecular complexity index is 908. The average Bonchev–Trinajstić information content (AvgIpc) is 3.29. The zero-order chi connectivity index (χ0) is 24.8. The minimum atomic E-state index is -1.17. The van der Waals surface area contributed by atoms with Gasteiger partial charge in [-0.2, -0.15) is 0 Å². The first-order valence-electron chi connectivity index (χ1n) is 10.3. The van der Waals surface area contributed by atoms with Crippen molar-refractivity contribution in [3.8, 4) is 0 Å². The zero-order valence-corrected chi connectivity index (χ0v) is 18.9. The molecule has 3 atom stereocenters. The maximum absolute atomic E-state index is 12.6. The fourth-order valence-corrected chi connectivity index (χ4v) is 2.94. The summed E-state index contributed by atoms with van der Waals surface area (Å²) in [5.41, 5.74) is 3.89. The molecule has 1 aliphatic heterocycles. The van der Waals surface area contributed by atoms with E-state index in [1.54, 1.807) is 6.92 Å². The third-order valence-electron chi connectivity index (χ3n) is 4.82. The number of hydrogen-bond donors (Lipinski definition) is 4. The summed E-state index contributed by atoms with van der Waals surface area (Å²) in [6.45, 7) is 5.18. The van der Waals surface area contributed by atoms with Crippen LogP contribution in [0.2, 0.25) is 0 Å². The van der Waals surface area contributed by atoms with E-state index in [1.807, 2.05) is 13.8 Å². The molecule has 0 radical (unpaired) electrons. The molecule has 4 amide bonds. The number of amides is 4. The van der Waals surface area contributed by atoms with Crippen molar-refractivity contribution in [2.24, 2.45) is 11.7 Å². The summed E-state index contributed by atoms with van der Waals surface area (Å²) in [5, 5.41) is 10.8. The Hall–Kier alpha value is -3.32.